The number of ether oxygens (including phenoxy) is 2. The third-order valence-corrected chi connectivity index (χ3v) is 3.66. The number of rotatable bonds is 8. The van der Waals surface area contributed by atoms with Crippen LogP contribution >= 0.6 is 0 Å². The van der Waals surface area contributed by atoms with Gasteiger partial charge in [0, 0.05) is 6.61 Å². The van der Waals surface area contributed by atoms with Crippen molar-refractivity contribution in [1.82, 2.24) is 5.32 Å². The lowest BCUT2D eigenvalue weighted by Crippen LogP contribution is -2.51. The van der Waals surface area contributed by atoms with Crippen LogP contribution in [0.5, 0.6) is 0 Å². The Hall–Kier alpha value is -0.610. The van der Waals surface area contributed by atoms with Gasteiger partial charge in [-0.2, -0.15) is 0 Å². The van der Waals surface area contributed by atoms with Crippen LogP contribution in [-0.2, 0) is 14.3 Å². The second-order valence-electron chi connectivity index (χ2n) is 5.28. The van der Waals surface area contributed by atoms with Gasteiger partial charge in [-0.15, -0.1) is 0 Å². The molecule has 1 atom stereocenters. The van der Waals surface area contributed by atoms with Gasteiger partial charge in [0.15, 0.2) is 0 Å². The first-order valence-corrected chi connectivity index (χ1v) is 7.07. The lowest BCUT2D eigenvalue weighted by molar-refractivity contribution is -0.149. The molecule has 0 amide bonds. The molecule has 1 N–H and O–H groups in total. The summed E-state index contributed by atoms with van der Waals surface area (Å²) < 4.78 is 10.7. The Labute approximate surface area is 110 Å². The van der Waals surface area contributed by atoms with Crippen molar-refractivity contribution in [3.8, 4) is 0 Å². The van der Waals surface area contributed by atoms with E-state index in [1.165, 1.54) is 20.0 Å². The van der Waals surface area contributed by atoms with E-state index in [1.54, 1.807) is 0 Å². The molecule has 0 spiro atoms. The Morgan fingerprint density at radius 2 is 2.06 bits per heavy atom. The molecule has 1 aliphatic rings. The van der Waals surface area contributed by atoms with Crippen LogP contribution in [-0.4, -0.2) is 37.9 Å². The van der Waals surface area contributed by atoms with Crippen LogP contribution in [0.3, 0.4) is 0 Å². The minimum absolute atomic E-state index is 0.203. The summed E-state index contributed by atoms with van der Waals surface area (Å²) in [6, 6.07) is 0. The Morgan fingerprint density at radius 3 is 2.61 bits per heavy atom. The standard InChI is InChI=1S/C14H27NO3/c1-4-10-15-14(2,13(16)17-3)9-11-18-12-7-5-6-8-12/h12,15H,4-11H2,1-3H3. The minimum Gasteiger partial charge on any atom is -0.468 e. The molecule has 0 aromatic heterocycles. The third-order valence-electron chi connectivity index (χ3n) is 3.66. The fourth-order valence-corrected chi connectivity index (χ4v) is 2.37. The lowest BCUT2D eigenvalue weighted by Gasteiger charge is -2.28. The van der Waals surface area contributed by atoms with E-state index in [-0.39, 0.29) is 5.97 Å². The van der Waals surface area contributed by atoms with Crippen molar-refractivity contribution in [3.05, 3.63) is 0 Å². The fourth-order valence-electron chi connectivity index (χ4n) is 2.37. The summed E-state index contributed by atoms with van der Waals surface area (Å²) >= 11 is 0. The van der Waals surface area contributed by atoms with Crippen molar-refractivity contribution in [3.63, 3.8) is 0 Å². The molecule has 4 nitrogen and oxygen atoms in total. The van der Waals surface area contributed by atoms with Crippen LogP contribution in [0.2, 0.25) is 0 Å². The molecule has 1 unspecified atom stereocenters. The zero-order valence-electron chi connectivity index (χ0n) is 12.0. The van der Waals surface area contributed by atoms with E-state index in [4.69, 9.17) is 9.47 Å². The predicted molar refractivity (Wildman–Crippen MR) is 71.5 cm³/mol. The molecule has 4 heteroatoms. The highest BCUT2D eigenvalue weighted by molar-refractivity contribution is 5.80. The SMILES string of the molecule is CCCNC(C)(CCOC1CCCC1)C(=O)OC. The summed E-state index contributed by atoms with van der Waals surface area (Å²) in [5.74, 6) is -0.203. The van der Waals surface area contributed by atoms with Gasteiger partial charge in [0.25, 0.3) is 0 Å². The average molecular weight is 257 g/mol. The summed E-state index contributed by atoms with van der Waals surface area (Å²) in [5.41, 5.74) is -0.622. The van der Waals surface area contributed by atoms with E-state index >= 15 is 0 Å². The van der Waals surface area contributed by atoms with Gasteiger partial charge in [-0.1, -0.05) is 19.8 Å². The highest BCUT2D eigenvalue weighted by Gasteiger charge is 2.33. The first kappa shape index (κ1) is 15.4. The topological polar surface area (TPSA) is 47.6 Å². The second-order valence-corrected chi connectivity index (χ2v) is 5.28. The highest BCUT2D eigenvalue weighted by atomic mass is 16.5. The van der Waals surface area contributed by atoms with Gasteiger partial charge in [-0.25, -0.2) is 0 Å². The molecule has 1 rings (SSSR count). The first-order chi connectivity index (χ1) is 8.62. The van der Waals surface area contributed by atoms with E-state index in [9.17, 15) is 4.79 Å². The van der Waals surface area contributed by atoms with E-state index in [1.807, 2.05) is 6.92 Å². The Bertz CT molecular complexity index is 251. The molecule has 0 saturated heterocycles. The highest BCUT2D eigenvalue weighted by Crippen LogP contribution is 2.22. The maximum atomic E-state index is 11.8. The molecule has 0 aliphatic heterocycles. The number of carbonyl (C=O) groups is 1. The van der Waals surface area contributed by atoms with Gasteiger partial charge in [0.05, 0.1) is 13.2 Å². The van der Waals surface area contributed by atoms with Crippen LogP contribution in [0.1, 0.15) is 52.4 Å². The largest absolute Gasteiger partial charge is 0.468 e. The molecule has 1 fully saturated rings. The number of methoxy groups -OCH3 is 1. The molecule has 1 aliphatic carbocycles. The predicted octanol–water partition coefficient (Wildman–Crippen LogP) is 2.27. The zero-order chi connectivity index (χ0) is 13.4. The molecule has 1 saturated carbocycles. The number of nitrogens with one attached hydrogen (secondary N) is 1. The van der Waals surface area contributed by atoms with Gasteiger partial charge < -0.3 is 14.8 Å². The van der Waals surface area contributed by atoms with Crippen LogP contribution in [0.15, 0.2) is 0 Å². The van der Waals surface area contributed by atoms with E-state index in [0.717, 1.165) is 25.8 Å². The molecule has 0 aromatic rings. The summed E-state index contributed by atoms with van der Waals surface area (Å²) in [7, 11) is 1.44. The average Bonchev–Trinajstić information content (AvgIpc) is 2.88. The van der Waals surface area contributed by atoms with Gasteiger partial charge in [0.2, 0.25) is 0 Å². The zero-order valence-corrected chi connectivity index (χ0v) is 12.0. The quantitative estimate of drug-likeness (QED) is 0.678. The normalized spacial score (nSPS) is 19.7. The van der Waals surface area contributed by atoms with Crippen molar-refractivity contribution >= 4 is 5.97 Å². The smallest absolute Gasteiger partial charge is 0.325 e. The second kappa shape index (κ2) is 7.74. The molecule has 0 bridgehead atoms. The lowest BCUT2D eigenvalue weighted by atomic mass is 9.98. The van der Waals surface area contributed by atoms with Crippen molar-refractivity contribution < 1.29 is 14.3 Å². The van der Waals surface area contributed by atoms with Crippen molar-refractivity contribution in [2.75, 3.05) is 20.3 Å². The summed E-state index contributed by atoms with van der Waals surface area (Å²) in [6.45, 7) is 5.41. The minimum atomic E-state index is -0.622. The molecule has 106 valence electrons. The van der Waals surface area contributed by atoms with Crippen molar-refractivity contribution in [2.24, 2.45) is 0 Å². The van der Waals surface area contributed by atoms with Crippen LogP contribution in [0, 0.1) is 0 Å². The van der Waals surface area contributed by atoms with Crippen LogP contribution in [0.4, 0.5) is 0 Å². The Kier molecular flexibility index (Phi) is 6.65. The van der Waals surface area contributed by atoms with Gasteiger partial charge in [0.1, 0.15) is 5.54 Å². The summed E-state index contributed by atoms with van der Waals surface area (Å²) in [5, 5.41) is 3.27. The number of carbonyl (C=O) groups excluding carboxylic acids is 1. The van der Waals surface area contributed by atoms with Gasteiger partial charge >= 0.3 is 5.97 Å². The third kappa shape index (κ3) is 4.58. The number of hydrogen-bond acceptors (Lipinski definition) is 4. The summed E-state index contributed by atoms with van der Waals surface area (Å²) in [4.78, 5) is 11.8. The monoisotopic (exact) mass is 257 g/mol. The van der Waals surface area contributed by atoms with E-state index in [0.29, 0.717) is 19.1 Å². The molecule has 0 aromatic carbocycles. The van der Waals surface area contributed by atoms with Crippen LogP contribution in [0.25, 0.3) is 0 Å². The Morgan fingerprint density at radius 1 is 1.39 bits per heavy atom. The summed E-state index contributed by atoms with van der Waals surface area (Å²) in [6.07, 6.45) is 6.93. The van der Waals surface area contributed by atoms with Crippen molar-refractivity contribution in [1.29, 1.82) is 0 Å². The molecule has 0 heterocycles. The van der Waals surface area contributed by atoms with Crippen molar-refractivity contribution in [2.45, 2.75) is 64.0 Å². The maximum absolute atomic E-state index is 11.8. The fraction of sp³-hybridized carbons (Fsp3) is 0.929. The number of hydrogen-bond donors (Lipinski definition) is 1. The van der Waals surface area contributed by atoms with E-state index in [2.05, 4.69) is 12.2 Å². The molecule has 0 radical (unpaired) electrons. The first-order valence-electron chi connectivity index (χ1n) is 7.07. The van der Waals surface area contributed by atoms with Gasteiger partial charge in [-0.3, -0.25) is 4.79 Å². The maximum Gasteiger partial charge on any atom is 0.325 e. The van der Waals surface area contributed by atoms with E-state index < -0.39 is 5.54 Å². The molecular formula is C14H27NO3. The number of esters is 1. The molecular weight excluding hydrogens is 230 g/mol. The van der Waals surface area contributed by atoms with Gasteiger partial charge in [-0.05, 0) is 39.2 Å². The Balaban J connectivity index is 2.37. The molecule has 18 heavy (non-hydrogen) atoms. The van der Waals surface area contributed by atoms with Crippen LogP contribution < -0.4 is 5.32 Å².